The Morgan fingerprint density at radius 1 is 1.29 bits per heavy atom. The zero-order chi connectivity index (χ0) is 17.7. The van der Waals surface area contributed by atoms with Crippen LogP contribution in [0.2, 0.25) is 0 Å². The highest BCUT2D eigenvalue weighted by molar-refractivity contribution is 5.86. The average Bonchev–Trinajstić information content (AvgIpc) is 2.53. The Balaban J connectivity index is 2.15. The lowest BCUT2D eigenvalue weighted by Crippen LogP contribution is -2.19. The summed E-state index contributed by atoms with van der Waals surface area (Å²) < 4.78 is 4.62. The Kier molecular flexibility index (Phi) is 5.71. The Morgan fingerprint density at radius 2 is 2.04 bits per heavy atom. The molecule has 0 amide bonds. The fraction of sp³-hybridized carbons (Fsp3) is 0.450. The molecule has 1 aliphatic carbocycles. The summed E-state index contributed by atoms with van der Waals surface area (Å²) in [6.45, 7) is 8.89. The van der Waals surface area contributed by atoms with Crippen LogP contribution in [0.15, 0.2) is 41.3 Å². The van der Waals surface area contributed by atoms with Gasteiger partial charge in [-0.05, 0) is 55.7 Å². The summed E-state index contributed by atoms with van der Waals surface area (Å²) in [6, 6.07) is 0. The van der Waals surface area contributed by atoms with Crippen LogP contribution in [0.25, 0.3) is 6.08 Å². The van der Waals surface area contributed by atoms with Crippen LogP contribution in [-0.4, -0.2) is 23.0 Å². The molecule has 0 fully saturated rings. The first-order chi connectivity index (χ1) is 11.3. The molecule has 0 spiro atoms. The van der Waals surface area contributed by atoms with E-state index < -0.39 is 5.97 Å². The van der Waals surface area contributed by atoms with E-state index in [4.69, 9.17) is 0 Å². The maximum atomic E-state index is 11.4. The van der Waals surface area contributed by atoms with Crippen LogP contribution in [0.5, 0.6) is 0 Å². The van der Waals surface area contributed by atoms with Crippen molar-refractivity contribution in [3.63, 3.8) is 0 Å². The van der Waals surface area contributed by atoms with Gasteiger partial charge in [-0.3, -0.25) is 4.98 Å². The first kappa shape index (κ1) is 18.1. The number of aromatic nitrogens is 2. The SMILES string of the molecule is COC(=O)c1cnc(C=C(C)C=CC2=C(C)CCCC2(C)C)cn1. The highest BCUT2D eigenvalue weighted by Crippen LogP contribution is 2.40. The quantitative estimate of drug-likeness (QED) is 0.592. The Morgan fingerprint density at radius 3 is 2.62 bits per heavy atom. The van der Waals surface area contributed by atoms with E-state index >= 15 is 0 Å². The lowest BCUT2D eigenvalue weighted by Gasteiger charge is -2.32. The van der Waals surface area contributed by atoms with E-state index in [1.165, 1.54) is 43.7 Å². The average molecular weight is 326 g/mol. The topological polar surface area (TPSA) is 52.1 Å². The molecule has 4 heteroatoms. The number of carbonyl (C=O) groups is 1. The summed E-state index contributed by atoms with van der Waals surface area (Å²) in [5, 5.41) is 0. The summed E-state index contributed by atoms with van der Waals surface area (Å²) in [5.41, 5.74) is 5.19. The molecule has 0 aromatic carbocycles. The molecule has 0 atom stereocenters. The van der Waals surface area contributed by atoms with Crippen LogP contribution in [0.1, 0.15) is 63.1 Å². The van der Waals surface area contributed by atoms with Crippen molar-refractivity contribution in [2.24, 2.45) is 5.41 Å². The van der Waals surface area contributed by atoms with Crippen LogP contribution in [0.4, 0.5) is 0 Å². The first-order valence-electron chi connectivity index (χ1n) is 8.30. The standard InChI is InChI=1S/C20H26N2O2/c1-14(8-9-17-15(2)7-6-10-20(17,3)4)11-16-12-22-18(13-21-16)19(23)24-5/h8-9,11-13H,6-7,10H2,1-5H3. The summed E-state index contributed by atoms with van der Waals surface area (Å²) >= 11 is 0. The second-order valence-corrected chi connectivity index (χ2v) is 6.97. The van der Waals surface area contributed by atoms with Gasteiger partial charge in [0.15, 0.2) is 5.69 Å². The number of hydrogen-bond acceptors (Lipinski definition) is 4. The van der Waals surface area contributed by atoms with E-state index in [1.54, 1.807) is 6.20 Å². The molecule has 1 aromatic heterocycles. The van der Waals surface area contributed by atoms with Crippen molar-refractivity contribution in [3.05, 3.63) is 52.7 Å². The third kappa shape index (κ3) is 4.40. The number of allylic oxidation sites excluding steroid dienone is 5. The van der Waals surface area contributed by atoms with Gasteiger partial charge in [-0.1, -0.05) is 31.6 Å². The van der Waals surface area contributed by atoms with E-state index in [0.717, 1.165) is 11.3 Å². The number of hydrogen-bond donors (Lipinski definition) is 0. The zero-order valence-electron chi connectivity index (χ0n) is 15.2. The second kappa shape index (κ2) is 7.56. The molecule has 1 heterocycles. The number of methoxy groups -OCH3 is 1. The summed E-state index contributed by atoms with van der Waals surface area (Å²) in [4.78, 5) is 19.7. The fourth-order valence-electron chi connectivity index (χ4n) is 3.13. The molecule has 0 aliphatic heterocycles. The molecule has 0 radical (unpaired) electrons. The van der Waals surface area contributed by atoms with Gasteiger partial charge in [0.05, 0.1) is 25.2 Å². The smallest absolute Gasteiger partial charge is 0.358 e. The van der Waals surface area contributed by atoms with Gasteiger partial charge in [-0.15, -0.1) is 0 Å². The summed E-state index contributed by atoms with van der Waals surface area (Å²) in [6.07, 6.45) is 13.0. The van der Waals surface area contributed by atoms with Gasteiger partial charge in [0.1, 0.15) is 0 Å². The molecule has 1 aliphatic rings. The van der Waals surface area contributed by atoms with E-state index in [1.807, 2.05) is 13.0 Å². The molecule has 0 saturated heterocycles. The van der Waals surface area contributed by atoms with Crippen LogP contribution in [-0.2, 0) is 4.74 Å². The van der Waals surface area contributed by atoms with Gasteiger partial charge >= 0.3 is 5.97 Å². The highest BCUT2D eigenvalue weighted by atomic mass is 16.5. The van der Waals surface area contributed by atoms with Crippen LogP contribution < -0.4 is 0 Å². The van der Waals surface area contributed by atoms with Crippen molar-refractivity contribution >= 4 is 12.0 Å². The monoisotopic (exact) mass is 326 g/mol. The van der Waals surface area contributed by atoms with Crippen LogP contribution in [0.3, 0.4) is 0 Å². The van der Waals surface area contributed by atoms with E-state index in [0.29, 0.717) is 0 Å². The molecule has 0 unspecified atom stereocenters. The van der Waals surface area contributed by atoms with Crippen molar-refractivity contribution < 1.29 is 9.53 Å². The maximum absolute atomic E-state index is 11.4. The Bertz CT molecular complexity index is 695. The largest absolute Gasteiger partial charge is 0.464 e. The number of nitrogens with zero attached hydrogens (tertiary/aromatic N) is 2. The van der Waals surface area contributed by atoms with Crippen molar-refractivity contribution in [3.8, 4) is 0 Å². The lowest BCUT2D eigenvalue weighted by atomic mass is 9.72. The van der Waals surface area contributed by atoms with E-state index in [-0.39, 0.29) is 11.1 Å². The normalized spacial score (nSPS) is 18.1. The molecular weight excluding hydrogens is 300 g/mol. The van der Waals surface area contributed by atoms with Gasteiger partial charge in [0.25, 0.3) is 0 Å². The minimum Gasteiger partial charge on any atom is -0.464 e. The molecule has 0 N–H and O–H groups in total. The third-order valence-corrected chi connectivity index (χ3v) is 4.50. The maximum Gasteiger partial charge on any atom is 0.358 e. The molecule has 4 nitrogen and oxygen atoms in total. The predicted octanol–water partition coefficient (Wildman–Crippen LogP) is 4.75. The van der Waals surface area contributed by atoms with Crippen molar-refractivity contribution in [1.82, 2.24) is 9.97 Å². The van der Waals surface area contributed by atoms with Gasteiger partial charge in [0, 0.05) is 0 Å². The summed E-state index contributed by atoms with van der Waals surface area (Å²) in [5.74, 6) is -0.475. The van der Waals surface area contributed by atoms with Crippen molar-refractivity contribution in [2.45, 2.75) is 47.0 Å². The molecule has 24 heavy (non-hydrogen) atoms. The molecule has 1 aromatic rings. The molecule has 0 bridgehead atoms. The summed E-state index contributed by atoms with van der Waals surface area (Å²) in [7, 11) is 1.33. The number of esters is 1. The van der Waals surface area contributed by atoms with Crippen molar-refractivity contribution in [1.29, 1.82) is 0 Å². The predicted molar refractivity (Wildman–Crippen MR) is 96.5 cm³/mol. The number of carbonyl (C=O) groups excluding carboxylic acids is 1. The lowest BCUT2D eigenvalue weighted by molar-refractivity contribution is 0.0593. The van der Waals surface area contributed by atoms with E-state index in [2.05, 4.69) is 47.6 Å². The van der Waals surface area contributed by atoms with Gasteiger partial charge in [-0.25, -0.2) is 9.78 Å². The number of ether oxygens (including phenoxy) is 1. The van der Waals surface area contributed by atoms with Gasteiger partial charge in [-0.2, -0.15) is 0 Å². The minimum atomic E-state index is -0.475. The van der Waals surface area contributed by atoms with Crippen LogP contribution >= 0.6 is 0 Å². The molecule has 128 valence electrons. The number of rotatable bonds is 4. The third-order valence-electron chi connectivity index (χ3n) is 4.50. The molecular formula is C20H26N2O2. The first-order valence-corrected chi connectivity index (χ1v) is 8.30. The minimum absolute atomic E-state index is 0.215. The van der Waals surface area contributed by atoms with Crippen molar-refractivity contribution in [2.75, 3.05) is 7.11 Å². The Labute approximate surface area is 144 Å². The molecule has 2 rings (SSSR count). The zero-order valence-corrected chi connectivity index (χ0v) is 15.2. The van der Waals surface area contributed by atoms with Gasteiger partial charge in [0.2, 0.25) is 0 Å². The fourth-order valence-corrected chi connectivity index (χ4v) is 3.13. The molecule has 0 saturated carbocycles. The van der Waals surface area contributed by atoms with E-state index in [9.17, 15) is 4.79 Å². The highest BCUT2D eigenvalue weighted by Gasteiger charge is 2.26. The second-order valence-electron chi connectivity index (χ2n) is 6.97. The van der Waals surface area contributed by atoms with Crippen LogP contribution in [0, 0.1) is 5.41 Å². The van der Waals surface area contributed by atoms with Gasteiger partial charge < -0.3 is 4.74 Å². The Hall–Kier alpha value is -2.23.